The Morgan fingerprint density at radius 1 is 1.10 bits per heavy atom. The van der Waals surface area contributed by atoms with Gasteiger partial charge in [0.05, 0.1) is 6.04 Å². The summed E-state index contributed by atoms with van der Waals surface area (Å²) >= 11 is 3.52. The highest BCUT2D eigenvalue weighted by Crippen LogP contribution is 2.37. The average molecular weight is 344 g/mol. The summed E-state index contributed by atoms with van der Waals surface area (Å²) in [5, 5.41) is 3.62. The van der Waals surface area contributed by atoms with E-state index in [0.29, 0.717) is 0 Å². The molecule has 0 saturated heterocycles. The third kappa shape index (κ3) is 3.38. The molecule has 1 aliphatic carbocycles. The maximum Gasteiger partial charge on any atom is 0.0576 e. The van der Waals surface area contributed by atoms with Crippen LogP contribution in [0.15, 0.2) is 53.0 Å². The largest absolute Gasteiger partial charge is 0.307 e. The summed E-state index contributed by atoms with van der Waals surface area (Å²) in [7, 11) is 0. The molecule has 3 rings (SSSR count). The second-order valence-electron chi connectivity index (χ2n) is 5.84. The van der Waals surface area contributed by atoms with Gasteiger partial charge in [0.25, 0.3) is 0 Å². The van der Waals surface area contributed by atoms with Crippen LogP contribution in [0.1, 0.15) is 54.8 Å². The molecule has 1 atom stereocenters. The SMILES string of the molecule is CCNC(c1ccc(Br)cc1)c1cccc(C2CCC2)c1. The molecule has 2 heteroatoms. The molecule has 1 aliphatic rings. The summed E-state index contributed by atoms with van der Waals surface area (Å²) < 4.78 is 1.13. The lowest BCUT2D eigenvalue weighted by atomic mass is 9.79. The van der Waals surface area contributed by atoms with Crippen molar-refractivity contribution in [2.45, 2.75) is 38.1 Å². The van der Waals surface area contributed by atoms with Crippen LogP contribution in [0.25, 0.3) is 0 Å². The zero-order valence-corrected chi connectivity index (χ0v) is 14.1. The quantitative estimate of drug-likeness (QED) is 0.764. The van der Waals surface area contributed by atoms with Crippen molar-refractivity contribution in [3.63, 3.8) is 0 Å². The molecule has 1 unspecified atom stereocenters. The first-order chi connectivity index (χ1) is 10.3. The monoisotopic (exact) mass is 343 g/mol. The van der Waals surface area contributed by atoms with Crippen molar-refractivity contribution in [1.29, 1.82) is 0 Å². The lowest BCUT2D eigenvalue weighted by molar-refractivity contribution is 0.419. The van der Waals surface area contributed by atoms with Gasteiger partial charge in [-0.2, -0.15) is 0 Å². The van der Waals surface area contributed by atoms with Gasteiger partial charge in [0, 0.05) is 4.47 Å². The molecule has 1 saturated carbocycles. The number of halogens is 1. The zero-order chi connectivity index (χ0) is 14.7. The zero-order valence-electron chi connectivity index (χ0n) is 12.5. The van der Waals surface area contributed by atoms with Crippen molar-refractivity contribution >= 4 is 15.9 Å². The predicted molar refractivity (Wildman–Crippen MR) is 92.7 cm³/mol. The number of hydrogen-bond donors (Lipinski definition) is 1. The van der Waals surface area contributed by atoms with Gasteiger partial charge in [0.15, 0.2) is 0 Å². The number of rotatable bonds is 5. The normalized spacial score (nSPS) is 16.5. The van der Waals surface area contributed by atoms with Gasteiger partial charge in [-0.3, -0.25) is 0 Å². The predicted octanol–water partition coefficient (Wildman–Crippen LogP) is 5.42. The van der Waals surface area contributed by atoms with Crippen LogP contribution in [0.3, 0.4) is 0 Å². The first-order valence-corrected chi connectivity index (χ1v) is 8.66. The molecular weight excluding hydrogens is 322 g/mol. The van der Waals surface area contributed by atoms with Crippen LogP contribution >= 0.6 is 15.9 Å². The maximum absolute atomic E-state index is 3.62. The number of benzene rings is 2. The molecule has 0 aromatic heterocycles. The molecule has 0 bridgehead atoms. The van der Waals surface area contributed by atoms with Crippen LogP contribution in [-0.4, -0.2) is 6.54 Å². The van der Waals surface area contributed by atoms with Gasteiger partial charge in [0.1, 0.15) is 0 Å². The summed E-state index contributed by atoms with van der Waals surface area (Å²) in [6.45, 7) is 3.13. The molecule has 1 nitrogen and oxygen atoms in total. The third-order valence-corrected chi connectivity index (χ3v) is 4.96. The molecule has 0 amide bonds. The van der Waals surface area contributed by atoms with Crippen LogP contribution in [0.2, 0.25) is 0 Å². The first-order valence-electron chi connectivity index (χ1n) is 7.86. The summed E-state index contributed by atoms with van der Waals surface area (Å²) in [5.41, 5.74) is 4.22. The molecule has 0 spiro atoms. The minimum atomic E-state index is 0.281. The van der Waals surface area contributed by atoms with Crippen LogP contribution in [0.5, 0.6) is 0 Å². The van der Waals surface area contributed by atoms with Gasteiger partial charge in [-0.05, 0) is 54.1 Å². The van der Waals surface area contributed by atoms with Crippen molar-refractivity contribution in [3.05, 3.63) is 69.7 Å². The van der Waals surface area contributed by atoms with Crippen molar-refractivity contribution in [2.24, 2.45) is 0 Å². The van der Waals surface area contributed by atoms with E-state index in [0.717, 1.165) is 16.9 Å². The summed E-state index contributed by atoms with van der Waals surface area (Å²) in [5.74, 6) is 0.789. The molecule has 0 aliphatic heterocycles. The van der Waals surface area contributed by atoms with E-state index >= 15 is 0 Å². The van der Waals surface area contributed by atoms with Crippen LogP contribution < -0.4 is 5.32 Å². The van der Waals surface area contributed by atoms with Crippen LogP contribution in [0.4, 0.5) is 0 Å². The van der Waals surface area contributed by atoms with E-state index in [4.69, 9.17) is 0 Å². The Balaban J connectivity index is 1.91. The van der Waals surface area contributed by atoms with E-state index in [-0.39, 0.29) is 6.04 Å². The minimum absolute atomic E-state index is 0.281. The Kier molecular flexibility index (Phi) is 4.77. The van der Waals surface area contributed by atoms with Crippen molar-refractivity contribution < 1.29 is 0 Å². The van der Waals surface area contributed by atoms with E-state index in [9.17, 15) is 0 Å². The average Bonchev–Trinajstić information content (AvgIpc) is 2.44. The summed E-state index contributed by atoms with van der Waals surface area (Å²) in [6.07, 6.45) is 4.10. The number of hydrogen-bond acceptors (Lipinski definition) is 1. The van der Waals surface area contributed by atoms with Crippen molar-refractivity contribution in [3.8, 4) is 0 Å². The van der Waals surface area contributed by atoms with E-state index in [1.807, 2.05) is 0 Å². The second kappa shape index (κ2) is 6.76. The maximum atomic E-state index is 3.62. The van der Waals surface area contributed by atoms with E-state index < -0.39 is 0 Å². The fourth-order valence-corrected chi connectivity index (χ4v) is 3.29. The number of nitrogens with one attached hydrogen (secondary N) is 1. The van der Waals surface area contributed by atoms with Gasteiger partial charge in [-0.25, -0.2) is 0 Å². The topological polar surface area (TPSA) is 12.0 Å². The summed E-state index contributed by atoms with van der Waals surface area (Å²) in [4.78, 5) is 0. The van der Waals surface area contributed by atoms with Gasteiger partial charge in [-0.1, -0.05) is 65.7 Å². The van der Waals surface area contributed by atoms with E-state index in [1.54, 1.807) is 0 Å². The molecule has 1 fully saturated rings. The Morgan fingerprint density at radius 3 is 2.48 bits per heavy atom. The van der Waals surface area contributed by atoms with Gasteiger partial charge in [-0.15, -0.1) is 0 Å². The molecule has 2 aromatic carbocycles. The highest BCUT2D eigenvalue weighted by molar-refractivity contribution is 9.10. The lowest BCUT2D eigenvalue weighted by Gasteiger charge is -2.27. The highest BCUT2D eigenvalue weighted by Gasteiger charge is 2.21. The molecule has 21 heavy (non-hydrogen) atoms. The van der Waals surface area contributed by atoms with Gasteiger partial charge >= 0.3 is 0 Å². The Hall–Kier alpha value is -1.12. The minimum Gasteiger partial charge on any atom is -0.307 e. The van der Waals surface area contributed by atoms with Crippen molar-refractivity contribution in [1.82, 2.24) is 5.32 Å². The standard InChI is InChI=1S/C19H22BrN/c1-2-21-19(15-9-11-18(20)12-10-15)17-8-4-7-16(13-17)14-5-3-6-14/h4,7-14,19,21H,2-3,5-6H2,1H3. The third-order valence-electron chi connectivity index (χ3n) is 4.43. The van der Waals surface area contributed by atoms with Crippen molar-refractivity contribution in [2.75, 3.05) is 6.54 Å². The molecule has 0 radical (unpaired) electrons. The molecule has 1 N–H and O–H groups in total. The molecule has 110 valence electrons. The highest BCUT2D eigenvalue weighted by atomic mass is 79.9. The Morgan fingerprint density at radius 2 is 1.86 bits per heavy atom. The van der Waals surface area contributed by atoms with Crippen LogP contribution in [-0.2, 0) is 0 Å². The van der Waals surface area contributed by atoms with Crippen LogP contribution in [0, 0.1) is 0 Å². The lowest BCUT2D eigenvalue weighted by Crippen LogP contribution is -2.22. The van der Waals surface area contributed by atoms with E-state index in [2.05, 4.69) is 76.7 Å². The van der Waals surface area contributed by atoms with E-state index in [1.165, 1.54) is 36.0 Å². The smallest absolute Gasteiger partial charge is 0.0576 e. The van der Waals surface area contributed by atoms with Gasteiger partial charge < -0.3 is 5.32 Å². The molecular formula is C19H22BrN. The summed E-state index contributed by atoms with van der Waals surface area (Å²) in [6, 6.07) is 18.1. The second-order valence-corrected chi connectivity index (χ2v) is 6.76. The fraction of sp³-hybridized carbons (Fsp3) is 0.368. The molecule has 0 heterocycles. The Labute approximate surface area is 135 Å². The first kappa shape index (κ1) is 14.8. The Bertz CT molecular complexity index is 587. The van der Waals surface area contributed by atoms with Gasteiger partial charge in [0.2, 0.25) is 0 Å². The molecule has 2 aromatic rings. The fourth-order valence-electron chi connectivity index (χ4n) is 3.02.